The minimum atomic E-state index is -4.27. The van der Waals surface area contributed by atoms with Gasteiger partial charge in [0.2, 0.25) is 0 Å². The molecule has 2 atom stereocenters. The van der Waals surface area contributed by atoms with E-state index in [9.17, 15) is 14.3 Å². The number of allylic oxidation sites excluding steroid dienone is 4. The van der Waals surface area contributed by atoms with Crippen LogP contribution in [0.4, 0.5) is 0 Å². The molecule has 0 radical (unpaired) electrons. The molecule has 0 fully saturated rings. The number of carbonyl (C=O) groups excluding carboxylic acids is 1. The van der Waals surface area contributed by atoms with E-state index in [0.29, 0.717) is 24.1 Å². The van der Waals surface area contributed by atoms with E-state index in [4.69, 9.17) is 18.5 Å². The highest BCUT2D eigenvalue weighted by Gasteiger charge is 2.26. The van der Waals surface area contributed by atoms with Crippen molar-refractivity contribution in [3.05, 3.63) is 24.3 Å². The predicted octanol–water partition coefficient (Wildman–Crippen LogP) is 14.8. The van der Waals surface area contributed by atoms with Crippen molar-refractivity contribution in [3.63, 3.8) is 0 Å². The van der Waals surface area contributed by atoms with Crippen molar-refractivity contribution in [2.24, 2.45) is 0 Å². The van der Waals surface area contributed by atoms with Gasteiger partial charge in [0.15, 0.2) is 0 Å². The zero-order valence-electron chi connectivity index (χ0n) is 39.0. The molecule has 0 saturated heterocycles. The van der Waals surface area contributed by atoms with Crippen molar-refractivity contribution in [2.75, 3.05) is 54.1 Å². The molecular formula is C49H97NO7P+. The molecule has 0 spiro atoms. The molecule has 0 saturated carbocycles. The Balaban J connectivity index is 4.15. The molecule has 0 rings (SSSR count). The molecule has 0 aliphatic heterocycles. The van der Waals surface area contributed by atoms with E-state index in [-0.39, 0.29) is 25.8 Å². The molecule has 0 aliphatic carbocycles. The average Bonchev–Trinajstić information content (AvgIpc) is 3.18. The summed E-state index contributed by atoms with van der Waals surface area (Å²) in [6.45, 7) is 5.65. The van der Waals surface area contributed by atoms with E-state index in [1.54, 1.807) is 0 Å². The summed E-state index contributed by atoms with van der Waals surface area (Å²) in [7, 11) is 1.67. The Hall–Kier alpha value is -1.02. The van der Waals surface area contributed by atoms with Crippen LogP contribution in [-0.2, 0) is 27.9 Å². The third kappa shape index (κ3) is 46.1. The second kappa shape index (κ2) is 42.7. The van der Waals surface area contributed by atoms with E-state index in [1.165, 1.54) is 167 Å². The lowest BCUT2D eigenvalue weighted by Crippen LogP contribution is -2.37. The molecule has 0 amide bonds. The standard InChI is InChI=1S/C49H96NO7P/c1-6-8-10-12-14-16-18-20-22-23-24-25-26-27-28-30-32-34-36-38-40-42-49(51)57-48(47-56-58(52,53)55-45-43-50(3,4)5)46-54-44-41-39-37-35-33-31-29-21-19-17-15-13-11-9-7-2/h18,20,23-24,48H,6-17,19,21-22,25-47H2,1-5H3/p+1/b20-18-,24-23-. The van der Waals surface area contributed by atoms with Gasteiger partial charge in [-0.25, -0.2) is 4.57 Å². The first-order valence-electron chi connectivity index (χ1n) is 24.6. The topological polar surface area (TPSA) is 91.3 Å². The number of unbranched alkanes of at least 4 members (excludes halogenated alkanes) is 28. The predicted molar refractivity (Wildman–Crippen MR) is 247 cm³/mol. The molecule has 0 bridgehead atoms. The molecule has 0 aromatic rings. The second-order valence-corrected chi connectivity index (χ2v) is 19.3. The summed E-state index contributed by atoms with van der Waals surface area (Å²) in [4.78, 5) is 23.0. The summed E-state index contributed by atoms with van der Waals surface area (Å²) >= 11 is 0. The van der Waals surface area contributed by atoms with Crippen molar-refractivity contribution < 1.29 is 37.3 Å². The maximum atomic E-state index is 12.7. The maximum absolute atomic E-state index is 12.7. The number of quaternary nitrogens is 1. The SMILES string of the molecule is CCCCCCC/C=C\C/C=C\CCCCCCCCCCCC(=O)OC(COCCCCCCCCCCCCCCCCC)COP(=O)(O)OCC[N+](C)(C)C. The van der Waals surface area contributed by atoms with Crippen molar-refractivity contribution >= 4 is 13.8 Å². The summed E-state index contributed by atoms with van der Waals surface area (Å²) in [5, 5.41) is 0. The van der Waals surface area contributed by atoms with Gasteiger partial charge < -0.3 is 18.9 Å². The normalized spacial score (nSPS) is 13.8. The Labute approximate surface area is 360 Å². The minimum Gasteiger partial charge on any atom is -0.457 e. The molecular weight excluding hydrogens is 746 g/mol. The Morgan fingerprint density at radius 3 is 1.40 bits per heavy atom. The van der Waals surface area contributed by atoms with Gasteiger partial charge in [-0.2, -0.15) is 0 Å². The van der Waals surface area contributed by atoms with Gasteiger partial charge in [-0.3, -0.25) is 13.8 Å². The number of esters is 1. The Kier molecular flexibility index (Phi) is 41.9. The van der Waals surface area contributed by atoms with E-state index in [0.717, 1.165) is 38.5 Å². The van der Waals surface area contributed by atoms with Crippen molar-refractivity contribution in [2.45, 2.75) is 232 Å². The number of ether oxygens (including phenoxy) is 2. The van der Waals surface area contributed by atoms with Crippen LogP contribution in [0, 0.1) is 0 Å². The lowest BCUT2D eigenvalue weighted by molar-refractivity contribution is -0.870. The summed E-state index contributed by atoms with van der Waals surface area (Å²) in [5.74, 6) is -0.314. The van der Waals surface area contributed by atoms with Crippen molar-refractivity contribution in [1.29, 1.82) is 0 Å². The first-order chi connectivity index (χ1) is 28.1. The fraction of sp³-hybridized carbons (Fsp3) is 0.898. The number of phosphoric ester groups is 1. The van der Waals surface area contributed by atoms with Crippen LogP contribution in [0.2, 0.25) is 0 Å². The van der Waals surface area contributed by atoms with Gasteiger partial charge in [0.05, 0.1) is 34.4 Å². The van der Waals surface area contributed by atoms with Crippen LogP contribution in [-0.4, -0.2) is 75.6 Å². The van der Waals surface area contributed by atoms with Crippen molar-refractivity contribution in [3.8, 4) is 0 Å². The van der Waals surface area contributed by atoms with Crippen LogP contribution >= 0.6 is 7.82 Å². The van der Waals surface area contributed by atoms with Crippen LogP contribution in [0.25, 0.3) is 0 Å². The first kappa shape index (κ1) is 57.0. The van der Waals surface area contributed by atoms with Crippen LogP contribution < -0.4 is 0 Å². The lowest BCUT2D eigenvalue weighted by Gasteiger charge is -2.24. The number of hydrogen-bond acceptors (Lipinski definition) is 6. The monoisotopic (exact) mass is 843 g/mol. The van der Waals surface area contributed by atoms with E-state index >= 15 is 0 Å². The first-order valence-corrected chi connectivity index (χ1v) is 26.1. The molecule has 58 heavy (non-hydrogen) atoms. The van der Waals surface area contributed by atoms with Gasteiger partial charge in [-0.05, 0) is 44.9 Å². The lowest BCUT2D eigenvalue weighted by atomic mass is 10.0. The van der Waals surface area contributed by atoms with E-state index in [2.05, 4.69) is 38.2 Å². The molecule has 0 aliphatic rings. The Morgan fingerprint density at radius 1 is 0.534 bits per heavy atom. The van der Waals surface area contributed by atoms with E-state index in [1.807, 2.05) is 21.1 Å². The maximum Gasteiger partial charge on any atom is 0.472 e. The summed E-state index contributed by atoms with van der Waals surface area (Å²) in [6.07, 6.45) is 49.2. The molecule has 0 heterocycles. The minimum absolute atomic E-state index is 0.0900. The van der Waals surface area contributed by atoms with Crippen LogP contribution in [0.3, 0.4) is 0 Å². The number of hydrogen-bond donors (Lipinski definition) is 1. The highest BCUT2D eigenvalue weighted by Crippen LogP contribution is 2.43. The van der Waals surface area contributed by atoms with Crippen molar-refractivity contribution in [1.82, 2.24) is 0 Å². The molecule has 9 heteroatoms. The number of phosphoric acid groups is 1. The number of likely N-dealkylation sites (N-methyl/N-ethyl adjacent to an activating group) is 1. The quantitative estimate of drug-likeness (QED) is 0.0215. The molecule has 2 unspecified atom stereocenters. The molecule has 0 aromatic heterocycles. The summed E-state index contributed by atoms with van der Waals surface area (Å²) in [6, 6.07) is 0. The Bertz CT molecular complexity index is 983. The number of nitrogens with zero attached hydrogens (tertiary/aromatic N) is 1. The Morgan fingerprint density at radius 2 is 0.948 bits per heavy atom. The van der Waals surface area contributed by atoms with Gasteiger partial charge in [-0.15, -0.1) is 0 Å². The van der Waals surface area contributed by atoms with Gasteiger partial charge in [-0.1, -0.05) is 199 Å². The zero-order chi connectivity index (χ0) is 42.7. The third-order valence-electron chi connectivity index (χ3n) is 10.8. The van der Waals surface area contributed by atoms with Gasteiger partial charge in [0, 0.05) is 13.0 Å². The molecule has 1 N–H and O–H groups in total. The fourth-order valence-corrected chi connectivity index (χ4v) is 7.68. The van der Waals surface area contributed by atoms with Crippen LogP contribution in [0.15, 0.2) is 24.3 Å². The molecule has 0 aromatic carbocycles. The summed E-state index contributed by atoms with van der Waals surface area (Å²) < 4.78 is 35.1. The summed E-state index contributed by atoms with van der Waals surface area (Å²) in [5.41, 5.74) is 0. The average molecular weight is 843 g/mol. The largest absolute Gasteiger partial charge is 0.472 e. The smallest absolute Gasteiger partial charge is 0.457 e. The van der Waals surface area contributed by atoms with Crippen LogP contribution in [0.5, 0.6) is 0 Å². The molecule has 8 nitrogen and oxygen atoms in total. The van der Waals surface area contributed by atoms with E-state index < -0.39 is 13.9 Å². The second-order valence-electron chi connectivity index (χ2n) is 17.9. The number of rotatable bonds is 46. The van der Waals surface area contributed by atoms with Gasteiger partial charge >= 0.3 is 13.8 Å². The zero-order valence-corrected chi connectivity index (χ0v) is 39.9. The van der Waals surface area contributed by atoms with Crippen LogP contribution in [0.1, 0.15) is 226 Å². The molecule has 344 valence electrons. The fourth-order valence-electron chi connectivity index (χ4n) is 6.94. The highest BCUT2D eigenvalue weighted by molar-refractivity contribution is 7.47. The third-order valence-corrected chi connectivity index (χ3v) is 11.7. The number of carbonyl (C=O) groups is 1. The highest BCUT2D eigenvalue weighted by atomic mass is 31.2. The van der Waals surface area contributed by atoms with Gasteiger partial charge in [0.25, 0.3) is 0 Å². The van der Waals surface area contributed by atoms with Gasteiger partial charge in [0.1, 0.15) is 19.3 Å².